The van der Waals surface area contributed by atoms with Gasteiger partial charge in [-0.25, -0.2) is 8.42 Å². The molecule has 0 aliphatic carbocycles. The molecule has 1 aromatic carbocycles. The van der Waals surface area contributed by atoms with Gasteiger partial charge in [0.05, 0.1) is 18.5 Å². The number of nitrogens with zero attached hydrogens (tertiary/aromatic N) is 1. The number of hydrogen-bond donors (Lipinski definition) is 1. The number of rotatable bonds is 8. The summed E-state index contributed by atoms with van der Waals surface area (Å²) in [5, 5.41) is 3.19. The lowest BCUT2D eigenvalue weighted by molar-refractivity contribution is -0.121. The molecule has 0 aromatic heterocycles. The number of sulfonamides is 1. The Morgan fingerprint density at radius 1 is 1.38 bits per heavy atom. The normalized spacial score (nSPS) is 11.2. The van der Waals surface area contributed by atoms with Gasteiger partial charge in [0.25, 0.3) is 0 Å². The number of unbranched alkanes of at least 4 members (excludes halogenated alkanes) is 1. The molecule has 5 nitrogen and oxygen atoms in total. The number of halogens is 1. The van der Waals surface area contributed by atoms with Gasteiger partial charge in [-0.3, -0.25) is 9.10 Å². The Balaban J connectivity index is 2.67. The molecule has 1 amide bonds. The van der Waals surface area contributed by atoms with Gasteiger partial charge in [0.1, 0.15) is 0 Å². The first kappa shape index (κ1) is 17.8. The third-order valence-electron chi connectivity index (χ3n) is 2.89. The first-order chi connectivity index (χ1) is 9.84. The van der Waals surface area contributed by atoms with E-state index in [1.54, 1.807) is 24.3 Å². The van der Waals surface area contributed by atoms with Crippen LogP contribution in [0.15, 0.2) is 24.3 Å². The smallest absolute Gasteiger partial charge is 0.232 e. The van der Waals surface area contributed by atoms with Crippen molar-refractivity contribution < 1.29 is 13.2 Å². The highest BCUT2D eigenvalue weighted by Crippen LogP contribution is 2.21. The van der Waals surface area contributed by atoms with Crippen LogP contribution in [0.2, 0.25) is 5.02 Å². The maximum absolute atomic E-state index is 11.9. The van der Waals surface area contributed by atoms with Crippen LogP contribution < -0.4 is 9.62 Å². The van der Waals surface area contributed by atoms with Crippen LogP contribution in [-0.4, -0.2) is 33.7 Å². The summed E-state index contributed by atoms with van der Waals surface area (Å²) in [5.41, 5.74) is 0.493. The third kappa shape index (κ3) is 6.35. The SMILES string of the molecule is CCCCC(=O)NCCN(c1cccc(Cl)c1)S(C)(=O)=O. The molecule has 7 heteroatoms. The first-order valence-electron chi connectivity index (χ1n) is 6.84. The Kier molecular flexibility index (Phi) is 6.98. The zero-order chi connectivity index (χ0) is 15.9. The molecule has 0 atom stereocenters. The summed E-state index contributed by atoms with van der Waals surface area (Å²) < 4.78 is 25.0. The van der Waals surface area contributed by atoms with Gasteiger partial charge in [0.2, 0.25) is 15.9 Å². The molecule has 0 aliphatic rings. The van der Waals surface area contributed by atoms with E-state index in [0.29, 0.717) is 17.1 Å². The fourth-order valence-corrected chi connectivity index (χ4v) is 2.94. The van der Waals surface area contributed by atoms with Crippen LogP contribution in [0.3, 0.4) is 0 Å². The van der Waals surface area contributed by atoms with E-state index in [1.807, 2.05) is 6.92 Å². The van der Waals surface area contributed by atoms with Gasteiger partial charge in [0, 0.05) is 18.0 Å². The highest BCUT2D eigenvalue weighted by molar-refractivity contribution is 7.92. The molecule has 0 radical (unpaired) electrons. The molecule has 0 spiro atoms. The number of carbonyl (C=O) groups is 1. The average Bonchev–Trinajstić information content (AvgIpc) is 2.39. The van der Waals surface area contributed by atoms with Crippen molar-refractivity contribution in [3.05, 3.63) is 29.3 Å². The van der Waals surface area contributed by atoms with Gasteiger partial charge in [-0.1, -0.05) is 31.0 Å². The minimum absolute atomic E-state index is 0.0589. The molecule has 21 heavy (non-hydrogen) atoms. The van der Waals surface area contributed by atoms with Crippen molar-refractivity contribution in [2.24, 2.45) is 0 Å². The van der Waals surface area contributed by atoms with Crippen molar-refractivity contribution >= 4 is 33.2 Å². The number of nitrogens with one attached hydrogen (secondary N) is 1. The van der Waals surface area contributed by atoms with Crippen LogP contribution in [0.4, 0.5) is 5.69 Å². The van der Waals surface area contributed by atoms with E-state index < -0.39 is 10.0 Å². The Hall–Kier alpha value is -1.27. The number of anilines is 1. The second-order valence-corrected chi connectivity index (χ2v) is 7.11. The van der Waals surface area contributed by atoms with Gasteiger partial charge < -0.3 is 5.32 Å². The zero-order valence-corrected chi connectivity index (χ0v) is 13.9. The molecule has 1 N–H and O–H groups in total. The van der Waals surface area contributed by atoms with Crippen LogP contribution in [0.5, 0.6) is 0 Å². The van der Waals surface area contributed by atoms with E-state index in [0.717, 1.165) is 19.1 Å². The average molecular weight is 333 g/mol. The van der Waals surface area contributed by atoms with Gasteiger partial charge in [-0.05, 0) is 24.6 Å². The second-order valence-electron chi connectivity index (χ2n) is 4.77. The van der Waals surface area contributed by atoms with Gasteiger partial charge in [-0.15, -0.1) is 0 Å². The van der Waals surface area contributed by atoms with Crippen molar-refractivity contribution in [3.63, 3.8) is 0 Å². The van der Waals surface area contributed by atoms with Crippen molar-refractivity contribution in [2.75, 3.05) is 23.7 Å². The van der Waals surface area contributed by atoms with Crippen LogP contribution in [0, 0.1) is 0 Å². The Bertz CT molecular complexity index is 575. The van der Waals surface area contributed by atoms with Gasteiger partial charge in [0.15, 0.2) is 0 Å². The Labute approximate surface area is 131 Å². The third-order valence-corrected chi connectivity index (χ3v) is 4.32. The van der Waals surface area contributed by atoms with Crippen LogP contribution in [-0.2, 0) is 14.8 Å². The highest BCUT2D eigenvalue weighted by Gasteiger charge is 2.17. The fraction of sp³-hybridized carbons (Fsp3) is 0.500. The molecule has 1 rings (SSSR count). The van der Waals surface area contributed by atoms with Crippen molar-refractivity contribution in [3.8, 4) is 0 Å². The van der Waals surface area contributed by atoms with Crippen molar-refractivity contribution in [2.45, 2.75) is 26.2 Å². The topological polar surface area (TPSA) is 66.5 Å². The predicted octanol–water partition coefficient (Wildman–Crippen LogP) is 2.41. The summed E-state index contributed by atoms with van der Waals surface area (Å²) in [7, 11) is -3.43. The van der Waals surface area contributed by atoms with E-state index in [9.17, 15) is 13.2 Å². The lowest BCUT2D eigenvalue weighted by Gasteiger charge is -2.22. The first-order valence-corrected chi connectivity index (χ1v) is 9.07. The molecule has 118 valence electrons. The maximum Gasteiger partial charge on any atom is 0.232 e. The second kappa shape index (κ2) is 8.24. The summed E-state index contributed by atoms with van der Waals surface area (Å²) >= 11 is 5.89. The maximum atomic E-state index is 11.9. The molecule has 0 unspecified atom stereocenters. The van der Waals surface area contributed by atoms with Crippen LogP contribution in [0.1, 0.15) is 26.2 Å². The summed E-state index contributed by atoms with van der Waals surface area (Å²) in [6.45, 7) is 2.46. The minimum atomic E-state index is -3.43. The van der Waals surface area contributed by atoms with Crippen molar-refractivity contribution in [1.29, 1.82) is 0 Å². The summed E-state index contributed by atoms with van der Waals surface area (Å²) in [6, 6.07) is 6.63. The van der Waals surface area contributed by atoms with Crippen molar-refractivity contribution in [1.82, 2.24) is 5.32 Å². The minimum Gasteiger partial charge on any atom is -0.354 e. The molecule has 0 aliphatic heterocycles. The Morgan fingerprint density at radius 2 is 2.10 bits per heavy atom. The standard InChI is InChI=1S/C14H21ClN2O3S/c1-3-4-8-14(18)16-9-10-17(21(2,19)20)13-7-5-6-12(15)11-13/h5-7,11H,3-4,8-10H2,1-2H3,(H,16,18). The fourth-order valence-electron chi connectivity index (χ4n) is 1.84. The van der Waals surface area contributed by atoms with E-state index >= 15 is 0 Å². The number of amides is 1. The number of carbonyl (C=O) groups excluding carboxylic acids is 1. The van der Waals surface area contributed by atoms with Gasteiger partial charge in [-0.2, -0.15) is 0 Å². The number of hydrogen-bond acceptors (Lipinski definition) is 3. The molecular formula is C14H21ClN2O3S. The lowest BCUT2D eigenvalue weighted by atomic mass is 10.2. The van der Waals surface area contributed by atoms with E-state index in [-0.39, 0.29) is 19.0 Å². The van der Waals surface area contributed by atoms with Gasteiger partial charge >= 0.3 is 0 Å². The quantitative estimate of drug-likeness (QED) is 0.795. The molecule has 1 aromatic rings. The zero-order valence-electron chi connectivity index (χ0n) is 12.3. The van der Waals surface area contributed by atoms with E-state index in [2.05, 4.69) is 5.32 Å². The predicted molar refractivity (Wildman–Crippen MR) is 86.2 cm³/mol. The molecular weight excluding hydrogens is 312 g/mol. The molecule has 0 saturated heterocycles. The number of benzene rings is 1. The molecule has 0 heterocycles. The van der Waals surface area contributed by atoms with E-state index in [1.165, 1.54) is 4.31 Å². The summed E-state index contributed by atoms with van der Waals surface area (Å²) in [6.07, 6.45) is 3.38. The molecule has 0 saturated carbocycles. The Morgan fingerprint density at radius 3 is 2.67 bits per heavy atom. The molecule has 0 bridgehead atoms. The lowest BCUT2D eigenvalue weighted by Crippen LogP contribution is -2.38. The molecule has 0 fully saturated rings. The van der Waals surface area contributed by atoms with Crippen LogP contribution in [0.25, 0.3) is 0 Å². The van der Waals surface area contributed by atoms with Crippen LogP contribution >= 0.6 is 11.6 Å². The van der Waals surface area contributed by atoms with E-state index in [4.69, 9.17) is 11.6 Å². The summed E-state index contributed by atoms with van der Waals surface area (Å²) in [5.74, 6) is -0.0589. The summed E-state index contributed by atoms with van der Waals surface area (Å²) in [4.78, 5) is 11.5. The highest BCUT2D eigenvalue weighted by atomic mass is 35.5. The monoisotopic (exact) mass is 332 g/mol. The largest absolute Gasteiger partial charge is 0.354 e.